The first-order valence-corrected chi connectivity index (χ1v) is 25.8. The van der Waals surface area contributed by atoms with E-state index in [0.717, 1.165) is 45.1 Å². The molecule has 5 nitrogen and oxygen atoms in total. The fraction of sp³-hybridized carbons (Fsp3) is 0.299. The third-order valence-electron chi connectivity index (χ3n) is 14.9. The Morgan fingerprint density at radius 1 is 0.403 bits per heavy atom. The predicted molar refractivity (Wildman–Crippen MR) is 306 cm³/mol. The van der Waals surface area contributed by atoms with Crippen LogP contribution in [0.25, 0.3) is 38.8 Å². The molecule has 0 saturated heterocycles. The second kappa shape index (κ2) is 17.6. The lowest BCUT2D eigenvalue weighted by molar-refractivity contribution is 0.479. The number of para-hydroxylation sites is 1. The number of hydrogen-bond donors (Lipinski definition) is 0. The summed E-state index contributed by atoms with van der Waals surface area (Å²) >= 11 is 0. The van der Waals surface area contributed by atoms with Crippen LogP contribution in [0.3, 0.4) is 0 Å². The van der Waals surface area contributed by atoms with Crippen LogP contribution in [0.1, 0.15) is 130 Å². The highest BCUT2D eigenvalue weighted by Crippen LogP contribution is 2.51. The van der Waals surface area contributed by atoms with Gasteiger partial charge in [0.1, 0.15) is 24.0 Å². The molecule has 5 heteroatoms. The number of rotatable bonds is 8. The van der Waals surface area contributed by atoms with Crippen molar-refractivity contribution in [2.75, 3.05) is 16.5 Å². The zero-order valence-electron chi connectivity index (χ0n) is 45.1. The molecule has 7 aromatic carbocycles. The van der Waals surface area contributed by atoms with Crippen LogP contribution in [-0.4, -0.2) is 16.2 Å². The zero-order chi connectivity index (χ0) is 51.1. The quantitative estimate of drug-likeness (QED) is 0.152. The van der Waals surface area contributed by atoms with E-state index in [1.54, 1.807) is 0 Å². The second-order valence-electron chi connectivity index (χ2n) is 24.8. The van der Waals surface area contributed by atoms with Gasteiger partial charge >= 0.3 is 0 Å². The van der Waals surface area contributed by atoms with Gasteiger partial charge in [-0.3, -0.25) is 4.57 Å². The Morgan fingerprint density at radius 3 is 1.60 bits per heavy atom. The van der Waals surface area contributed by atoms with Crippen LogP contribution < -0.4 is 14.5 Å². The first kappa shape index (κ1) is 48.5. The SMILES string of the molecule is CC(C)(C)c1cc(Oc2ccc3c4ccccc4n(-c4cc(C(C)(C)C)ccn4)c3c2)cc(N2CN(c3cc(-c4ccccc4)cc(C(C)(C)c4ccccc4)c3)c3cc(C(C)(C)C)c(C(C)(C)C)cc32)c1. The molecule has 9 aromatic rings. The Balaban J connectivity index is 1.14. The van der Waals surface area contributed by atoms with E-state index in [0.29, 0.717) is 6.67 Å². The molecule has 0 aliphatic carbocycles. The van der Waals surface area contributed by atoms with Crippen LogP contribution in [0.4, 0.5) is 22.7 Å². The van der Waals surface area contributed by atoms with Gasteiger partial charge in [0, 0.05) is 45.9 Å². The number of pyridine rings is 1. The molecule has 0 amide bonds. The number of fused-ring (bicyclic) bond motifs is 4. The van der Waals surface area contributed by atoms with Gasteiger partial charge in [-0.1, -0.05) is 182 Å². The van der Waals surface area contributed by atoms with Gasteiger partial charge < -0.3 is 14.5 Å². The van der Waals surface area contributed by atoms with E-state index in [2.05, 4.69) is 275 Å². The van der Waals surface area contributed by atoms with Gasteiger partial charge in [0.2, 0.25) is 0 Å². The number of ether oxygens (including phenoxy) is 1. The minimum atomic E-state index is -0.257. The van der Waals surface area contributed by atoms with Crippen molar-refractivity contribution in [3.63, 3.8) is 0 Å². The summed E-state index contributed by atoms with van der Waals surface area (Å²) in [5.74, 6) is 2.47. The predicted octanol–water partition coefficient (Wildman–Crippen LogP) is 18.4. The Bertz CT molecular complexity index is 3480. The van der Waals surface area contributed by atoms with Crippen LogP contribution in [0, 0.1) is 0 Å². The van der Waals surface area contributed by atoms with Crippen LogP contribution in [0.15, 0.2) is 170 Å². The highest BCUT2D eigenvalue weighted by atomic mass is 16.5. The molecule has 0 radical (unpaired) electrons. The largest absolute Gasteiger partial charge is 0.457 e. The zero-order valence-corrected chi connectivity index (χ0v) is 45.1. The van der Waals surface area contributed by atoms with E-state index in [9.17, 15) is 0 Å². The lowest BCUT2D eigenvalue weighted by Crippen LogP contribution is -2.25. The number of nitrogens with zero attached hydrogens (tertiary/aromatic N) is 4. The van der Waals surface area contributed by atoms with Gasteiger partial charge in [0.25, 0.3) is 0 Å². The number of anilines is 4. The maximum absolute atomic E-state index is 7.11. The third-order valence-corrected chi connectivity index (χ3v) is 14.9. The molecule has 72 heavy (non-hydrogen) atoms. The summed E-state index contributed by atoms with van der Waals surface area (Å²) in [7, 11) is 0. The lowest BCUT2D eigenvalue weighted by Gasteiger charge is -2.32. The van der Waals surface area contributed by atoms with Crippen molar-refractivity contribution in [2.24, 2.45) is 0 Å². The highest BCUT2D eigenvalue weighted by molar-refractivity contribution is 6.09. The Kier molecular flexibility index (Phi) is 11.8. The minimum absolute atomic E-state index is 0.0228. The molecule has 0 unspecified atom stereocenters. The second-order valence-corrected chi connectivity index (χ2v) is 24.8. The van der Waals surface area contributed by atoms with Crippen LogP contribution in [-0.2, 0) is 27.1 Å². The average Bonchev–Trinajstić information content (AvgIpc) is 3.88. The fourth-order valence-corrected chi connectivity index (χ4v) is 10.6. The van der Waals surface area contributed by atoms with Crippen LogP contribution in [0.2, 0.25) is 0 Å². The van der Waals surface area contributed by atoms with Gasteiger partial charge in [0.05, 0.1) is 22.4 Å². The molecule has 0 fully saturated rings. The van der Waals surface area contributed by atoms with E-state index < -0.39 is 0 Å². The summed E-state index contributed by atoms with van der Waals surface area (Å²) in [4.78, 5) is 10.0. The number of hydrogen-bond acceptors (Lipinski definition) is 4. The molecule has 366 valence electrons. The summed E-state index contributed by atoms with van der Waals surface area (Å²) in [6.45, 7) is 33.1. The maximum Gasteiger partial charge on any atom is 0.137 e. The molecule has 0 saturated carbocycles. The van der Waals surface area contributed by atoms with Crippen molar-refractivity contribution in [1.29, 1.82) is 0 Å². The molecular weight excluding hydrogens is 877 g/mol. The molecule has 0 bridgehead atoms. The van der Waals surface area contributed by atoms with Gasteiger partial charge in [-0.05, 0) is 133 Å². The summed E-state index contributed by atoms with van der Waals surface area (Å²) in [5.41, 5.74) is 16.3. The molecule has 10 rings (SSSR count). The summed E-state index contributed by atoms with van der Waals surface area (Å²) in [5, 5.41) is 2.35. The van der Waals surface area contributed by atoms with Gasteiger partial charge in [-0.15, -0.1) is 0 Å². The smallest absolute Gasteiger partial charge is 0.137 e. The van der Waals surface area contributed by atoms with Crippen LogP contribution in [0.5, 0.6) is 11.5 Å². The van der Waals surface area contributed by atoms with E-state index in [1.165, 1.54) is 61.3 Å². The lowest BCUT2D eigenvalue weighted by atomic mass is 9.74. The van der Waals surface area contributed by atoms with Crippen molar-refractivity contribution in [3.05, 3.63) is 203 Å². The Labute approximate surface area is 429 Å². The molecule has 3 heterocycles. The number of aromatic nitrogens is 2. The summed E-state index contributed by atoms with van der Waals surface area (Å²) in [6, 6.07) is 60.4. The number of benzene rings is 7. The molecular formula is C67H72N4O. The highest BCUT2D eigenvalue weighted by Gasteiger charge is 2.36. The minimum Gasteiger partial charge on any atom is -0.457 e. The van der Waals surface area contributed by atoms with Crippen LogP contribution >= 0.6 is 0 Å². The topological polar surface area (TPSA) is 33.5 Å². The van der Waals surface area contributed by atoms with Gasteiger partial charge in [0.15, 0.2) is 0 Å². The summed E-state index contributed by atoms with van der Waals surface area (Å²) < 4.78 is 9.40. The normalized spacial score (nSPS) is 13.6. The van der Waals surface area contributed by atoms with Crippen molar-refractivity contribution in [1.82, 2.24) is 9.55 Å². The Hall–Kier alpha value is -7.11. The van der Waals surface area contributed by atoms with Crippen molar-refractivity contribution < 1.29 is 4.74 Å². The first-order chi connectivity index (χ1) is 33.9. The maximum atomic E-state index is 7.11. The van der Waals surface area contributed by atoms with Crippen molar-refractivity contribution >= 4 is 44.6 Å². The molecule has 2 aromatic heterocycles. The molecule has 0 N–H and O–H groups in total. The summed E-state index contributed by atoms with van der Waals surface area (Å²) in [6.07, 6.45) is 1.94. The van der Waals surface area contributed by atoms with Gasteiger partial charge in [-0.25, -0.2) is 4.98 Å². The first-order valence-electron chi connectivity index (χ1n) is 25.8. The standard InChI is InChI=1S/C67H72N4O/c1-63(2,3)47-31-32-68-62(38-47)71-58-28-22-21-27-54(58)55-30-29-52(40-59(55)71)72-53-37-48(64(4,5)6)35-51(39-53)70-43-69(60-41-56(65(7,8)9)57(42-61(60)70)66(10,11)12)50-34-45(44-23-17-15-18-24-44)33-49(36-50)67(13,14)46-25-19-16-20-26-46/h15-42H,43H2,1-14H3. The third kappa shape index (κ3) is 9.08. The molecule has 0 atom stereocenters. The van der Waals surface area contributed by atoms with E-state index in [1.807, 2.05) is 6.20 Å². The van der Waals surface area contributed by atoms with Crippen molar-refractivity contribution in [3.8, 4) is 28.4 Å². The van der Waals surface area contributed by atoms with E-state index in [4.69, 9.17) is 9.72 Å². The molecule has 1 aliphatic rings. The molecule has 1 aliphatic heterocycles. The molecule has 0 spiro atoms. The monoisotopic (exact) mass is 949 g/mol. The van der Waals surface area contributed by atoms with Crippen molar-refractivity contribution in [2.45, 2.75) is 124 Å². The van der Waals surface area contributed by atoms with Gasteiger partial charge in [-0.2, -0.15) is 0 Å². The average molecular weight is 949 g/mol. The fourth-order valence-electron chi connectivity index (χ4n) is 10.6. The van der Waals surface area contributed by atoms with E-state index >= 15 is 0 Å². The van der Waals surface area contributed by atoms with E-state index in [-0.39, 0.29) is 27.1 Å². The Morgan fingerprint density at radius 2 is 0.972 bits per heavy atom.